The smallest absolute Gasteiger partial charge is 0.183 e. The molecule has 0 aromatic carbocycles. The second-order valence-corrected chi connectivity index (χ2v) is 10.6. The third kappa shape index (κ3) is 9.23. The van der Waals surface area contributed by atoms with Gasteiger partial charge in [-0.15, -0.1) is 12.2 Å². The first-order chi connectivity index (χ1) is 5.41. The van der Waals surface area contributed by atoms with Crippen molar-refractivity contribution in [3.63, 3.8) is 0 Å². The Morgan fingerprint density at radius 2 is 1.54 bits per heavy atom. The first-order valence-corrected chi connectivity index (χ1v) is 8.12. The maximum atomic E-state index is 5.68. The van der Waals surface area contributed by atoms with Gasteiger partial charge in [0.25, 0.3) is 0 Å². The third-order valence-corrected chi connectivity index (χ3v) is 3.67. The van der Waals surface area contributed by atoms with Gasteiger partial charge in [0, 0.05) is 5.54 Å². The first-order valence-electron chi connectivity index (χ1n) is 4.24. The van der Waals surface area contributed by atoms with Crippen molar-refractivity contribution in [3.05, 3.63) is 0 Å². The monoisotopic (exact) mass is 241 g/mol. The Hall–Kier alpha value is 0.920. The zero-order valence-electron chi connectivity index (χ0n) is 9.21. The zero-order valence-corrected chi connectivity index (χ0v) is 11.8. The molecule has 0 aliphatic carbocycles. The van der Waals surface area contributed by atoms with E-state index in [2.05, 4.69) is 38.1 Å². The van der Waals surface area contributed by atoms with Gasteiger partial charge in [-0.2, -0.15) is 0 Å². The van der Waals surface area contributed by atoms with Crippen LogP contribution < -0.4 is 5.09 Å². The molecule has 0 aliphatic heterocycles. The number of rotatable bonds is 2. The van der Waals surface area contributed by atoms with Crippen LogP contribution >= 0.6 is 17.9 Å². The van der Waals surface area contributed by atoms with Gasteiger partial charge in [-0.25, -0.2) is 0 Å². The predicted molar refractivity (Wildman–Crippen MR) is 67.0 cm³/mol. The summed E-state index contributed by atoms with van der Waals surface area (Å²) in [5.41, 5.74) is -2.45. The average molecular weight is 241 g/mol. The van der Waals surface area contributed by atoms with Crippen molar-refractivity contribution in [1.29, 1.82) is 0 Å². The lowest BCUT2D eigenvalue weighted by Gasteiger charge is -2.32. The van der Waals surface area contributed by atoms with Crippen molar-refractivity contribution in [2.24, 2.45) is 0 Å². The summed E-state index contributed by atoms with van der Waals surface area (Å²) in [4.78, 5) is 0. The summed E-state index contributed by atoms with van der Waals surface area (Å²) >= 11 is 9.65. The molecule has 0 bridgehead atoms. The fourth-order valence-corrected chi connectivity index (χ4v) is 5.58. The number of nitrogens with one attached hydrogen (secondary N) is 1. The van der Waals surface area contributed by atoms with E-state index in [0.717, 1.165) is 0 Å². The quantitative estimate of drug-likeness (QED) is 0.572. The highest BCUT2D eigenvalue weighted by Gasteiger charge is 2.25. The van der Waals surface area contributed by atoms with Crippen LogP contribution in [0.4, 0.5) is 0 Å². The molecule has 0 spiro atoms. The van der Waals surface area contributed by atoms with Gasteiger partial charge in [0.1, 0.15) is 0 Å². The third-order valence-electron chi connectivity index (χ3n) is 0.874. The van der Waals surface area contributed by atoms with E-state index in [0.29, 0.717) is 0 Å². The van der Waals surface area contributed by atoms with Crippen molar-refractivity contribution in [3.8, 4) is 0 Å². The summed E-state index contributed by atoms with van der Waals surface area (Å²) in [6.07, 6.45) is 0. The van der Waals surface area contributed by atoms with Crippen LogP contribution in [0.2, 0.25) is 0 Å². The van der Waals surface area contributed by atoms with E-state index in [1.165, 1.54) is 0 Å². The van der Waals surface area contributed by atoms with Crippen LogP contribution in [0.3, 0.4) is 0 Å². The molecule has 0 rings (SSSR count). The van der Waals surface area contributed by atoms with Crippen molar-refractivity contribution in [2.45, 2.75) is 52.7 Å². The van der Waals surface area contributed by atoms with Crippen LogP contribution in [0.1, 0.15) is 41.5 Å². The molecule has 0 aromatic heterocycles. The van der Waals surface area contributed by atoms with Gasteiger partial charge in [-0.05, 0) is 53.3 Å². The molecule has 1 atom stereocenters. The summed E-state index contributed by atoms with van der Waals surface area (Å²) < 4.78 is 5.68. The van der Waals surface area contributed by atoms with E-state index in [-0.39, 0.29) is 11.1 Å². The van der Waals surface area contributed by atoms with Crippen LogP contribution in [0.25, 0.3) is 0 Å². The summed E-state index contributed by atoms with van der Waals surface area (Å²) in [6.45, 7) is 12.1. The fraction of sp³-hybridized carbons (Fsp3) is 1.00. The average Bonchev–Trinajstić information content (AvgIpc) is 1.43. The van der Waals surface area contributed by atoms with Gasteiger partial charge >= 0.3 is 0 Å². The van der Waals surface area contributed by atoms with Crippen molar-refractivity contribution >= 4 is 29.7 Å². The van der Waals surface area contributed by atoms with Crippen molar-refractivity contribution in [1.82, 2.24) is 5.09 Å². The van der Waals surface area contributed by atoms with Gasteiger partial charge < -0.3 is 4.52 Å². The van der Waals surface area contributed by atoms with Crippen LogP contribution in [0, 0.1) is 0 Å². The van der Waals surface area contributed by atoms with E-state index in [4.69, 9.17) is 16.3 Å². The SMILES string of the molecule is CC(C)(C)NP(=S)(S)OC(C)(C)C. The van der Waals surface area contributed by atoms with Gasteiger partial charge in [0.2, 0.25) is 0 Å². The van der Waals surface area contributed by atoms with E-state index in [9.17, 15) is 0 Å². The van der Waals surface area contributed by atoms with E-state index >= 15 is 0 Å². The molecule has 5 heteroatoms. The summed E-state index contributed by atoms with van der Waals surface area (Å²) in [6, 6.07) is 0. The lowest BCUT2D eigenvalue weighted by Crippen LogP contribution is -2.34. The minimum absolute atomic E-state index is 0.0530. The fourth-order valence-electron chi connectivity index (χ4n) is 0.818. The number of hydrogen-bond acceptors (Lipinski definition) is 2. The molecule has 1 N–H and O–H groups in total. The molecular weight excluding hydrogens is 221 g/mol. The van der Waals surface area contributed by atoms with Crippen LogP contribution in [-0.2, 0) is 16.3 Å². The normalized spacial score (nSPS) is 18.4. The van der Waals surface area contributed by atoms with Crippen molar-refractivity contribution < 1.29 is 4.52 Å². The Kier molecular flexibility index (Phi) is 4.49. The van der Waals surface area contributed by atoms with Crippen LogP contribution in [0.15, 0.2) is 0 Å². The zero-order chi connectivity index (χ0) is 10.9. The summed E-state index contributed by atoms with van der Waals surface area (Å²) in [5, 5.41) is 3.22. The lowest BCUT2D eigenvalue weighted by atomic mass is 10.1. The molecule has 13 heavy (non-hydrogen) atoms. The molecular formula is C8H20NOPS2. The standard InChI is InChI=1S/C8H20NOPS2/c1-7(2,3)9-11(12,13)10-8(4,5)6/h1-6H3,(H2,9,12,13). The Labute approximate surface area is 92.1 Å². The number of thiol groups is 1. The molecule has 0 heterocycles. The van der Waals surface area contributed by atoms with Crippen LogP contribution in [-0.4, -0.2) is 11.1 Å². The topological polar surface area (TPSA) is 21.3 Å². The van der Waals surface area contributed by atoms with E-state index < -0.39 is 5.62 Å². The molecule has 80 valence electrons. The predicted octanol–water partition coefficient (Wildman–Crippen LogP) is 3.34. The summed E-state index contributed by atoms with van der Waals surface area (Å²) in [7, 11) is 0. The van der Waals surface area contributed by atoms with Gasteiger partial charge in [0.05, 0.1) is 5.60 Å². The highest BCUT2D eigenvalue weighted by molar-refractivity contribution is 8.61. The maximum absolute atomic E-state index is 5.68. The molecule has 0 aliphatic rings. The van der Waals surface area contributed by atoms with E-state index in [1.54, 1.807) is 0 Å². The van der Waals surface area contributed by atoms with Gasteiger partial charge in [-0.3, -0.25) is 5.09 Å². The summed E-state index contributed by atoms with van der Waals surface area (Å²) in [5.74, 6) is 0. The Bertz CT molecular complexity index is 197. The Balaban J connectivity index is 4.35. The molecule has 0 saturated heterocycles. The molecule has 2 nitrogen and oxygen atoms in total. The minimum atomic E-state index is -2.16. The second-order valence-electron chi connectivity index (χ2n) is 5.09. The molecule has 0 aromatic rings. The second kappa shape index (κ2) is 4.19. The Morgan fingerprint density at radius 1 is 1.15 bits per heavy atom. The van der Waals surface area contributed by atoms with Gasteiger partial charge in [-0.1, -0.05) is 0 Å². The van der Waals surface area contributed by atoms with E-state index in [1.807, 2.05) is 20.8 Å². The van der Waals surface area contributed by atoms with Gasteiger partial charge in [0.15, 0.2) is 5.62 Å². The molecule has 0 radical (unpaired) electrons. The number of hydrogen-bond donors (Lipinski definition) is 2. The Morgan fingerprint density at radius 3 is 1.77 bits per heavy atom. The maximum Gasteiger partial charge on any atom is 0.183 e. The highest BCUT2D eigenvalue weighted by Crippen LogP contribution is 2.52. The minimum Gasteiger partial charge on any atom is -0.325 e. The molecule has 1 unspecified atom stereocenters. The first kappa shape index (κ1) is 13.9. The largest absolute Gasteiger partial charge is 0.325 e. The molecule has 0 amide bonds. The van der Waals surface area contributed by atoms with Crippen molar-refractivity contribution in [2.75, 3.05) is 0 Å². The molecule has 0 fully saturated rings. The van der Waals surface area contributed by atoms with Crippen LogP contribution in [0.5, 0.6) is 0 Å². The molecule has 0 saturated carbocycles. The highest BCUT2D eigenvalue weighted by atomic mass is 32.9. The lowest BCUT2D eigenvalue weighted by molar-refractivity contribution is 0.150.